The Balaban J connectivity index is 2.63. The molecule has 2 nitrogen and oxygen atoms in total. The maximum atomic E-state index is 11.5. The second-order valence-corrected chi connectivity index (χ2v) is 5.57. The third-order valence-electron chi connectivity index (χ3n) is 1.11. The zero-order valence-corrected chi connectivity index (χ0v) is 9.09. The van der Waals surface area contributed by atoms with Crippen LogP contribution in [0.2, 0.25) is 0 Å². The van der Waals surface area contributed by atoms with Crippen molar-refractivity contribution >= 4 is 22.3 Å². The van der Waals surface area contributed by atoms with Crippen molar-refractivity contribution < 1.29 is 4.21 Å². The van der Waals surface area contributed by atoms with Crippen molar-refractivity contribution in [3.63, 3.8) is 0 Å². The Morgan fingerprint density at radius 1 is 1.50 bits per heavy atom. The van der Waals surface area contributed by atoms with Crippen LogP contribution in [0.4, 0.5) is 0 Å². The predicted octanol–water partition coefficient (Wildman–Crippen LogP) is 2.16. The lowest BCUT2D eigenvalue weighted by Crippen LogP contribution is -2.36. The van der Waals surface area contributed by atoms with E-state index in [2.05, 4.69) is 4.72 Å². The molecule has 0 fully saturated rings. The van der Waals surface area contributed by atoms with Gasteiger partial charge >= 0.3 is 0 Å². The maximum absolute atomic E-state index is 11.5. The molecule has 0 bridgehead atoms. The van der Waals surface area contributed by atoms with Crippen LogP contribution in [0, 0.1) is 0 Å². The van der Waals surface area contributed by atoms with Crippen molar-refractivity contribution in [1.82, 2.24) is 4.72 Å². The Kier molecular flexibility index (Phi) is 3.04. The lowest BCUT2D eigenvalue weighted by atomic mass is 10.1. The highest BCUT2D eigenvalue weighted by Crippen LogP contribution is 2.11. The molecule has 0 aliphatic heterocycles. The van der Waals surface area contributed by atoms with Gasteiger partial charge < -0.3 is 0 Å². The second-order valence-electron chi connectivity index (χ2n) is 3.58. The number of hydrogen-bond donors (Lipinski definition) is 1. The molecule has 12 heavy (non-hydrogen) atoms. The van der Waals surface area contributed by atoms with Crippen molar-refractivity contribution in [2.24, 2.45) is 0 Å². The van der Waals surface area contributed by atoms with Gasteiger partial charge in [-0.25, -0.2) is 8.93 Å². The molecule has 1 aromatic rings. The van der Waals surface area contributed by atoms with Crippen LogP contribution < -0.4 is 4.72 Å². The Labute approximate surface area is 79.6 Å². The van der Waals surface area contributed by atoms with Crippen molar-refractivity contribution in [1.29, 1.82) is 0 Å². The van der Waals surface area contributed by atoms with Crippen molar-refractivity contribution in [2.75, 3.05) is 0 Å². The topological polar surface area (TPSA) is 29.1 Å². The molecule has 4 heteroatoms. The van der Waals surface area contributed by atoms with Gasteiger partial charge in [-0.1, -0.05) is 0 Å². The van der Waals surface area contributed by atoms with Gasteiger partial charge in [0.1, 0.15) is 11.0 Å². The molecular weight excluding hydrogens is 190 g/mol. The minimum atomic E-state index is -1.06. The molecule has 1 N–H and O–H groups in total. The van der Waals surface area contributed by atoms with Crippen molar-refractivity contribution in [3.05, 3.63) is 16.8 Å². The molecule has 1 rings (SSSR count). The second kappa shape index (κ2) is 3.68. The SMILES string of the molecule is CC(C)(C)N[S@](=O)c1ccsc1. The van der Waals surface area contributed by atoms with Crippen molar-refractivity contribution in [3.8, 4) is 0 Å². The summed E-state index contributed by atoms with van der Waals surface area (Å²) in [5.74, 6) is 0. The Hall–Kier alpha value is -0.190. The lowest BCUT2D eigenvalue weighted by Gasteiger charge is -2.18. The van der Waals surface area contributed by atoms with Gasteiger partial charge in [-0.05, 0) is 32.2 Å². The average Bonchev–Trinajstić information content (AvgIpc) is 2.32. The van der Waals surface area contributed by atoms with Crippen LogP contribution in [0.1, 0.15) is 20.8 Å². The molecule has 0 spiro atoms. The third-order valence-corrected chi connectivity index (χ3v) is 3.42. The Bertz CT molecular complexity index is 261. The van der Waals surface area contributed by atoms with Crippen LogP contribution in [-0.4, -0.2) is 9.75 Å². The largest absolute Gasteiger partial charge is 0.237 e. The van der Waals surface area contributed by atoms with E-state index in [0.29, 0.717) is 0 Å². The first-order chi connectivity index (χ1) is 5.49. The van der Waals surface area contributed by atoms with E-state index in [9.17, 15) is 4.21 Å². The monoisotopic (exact) mass is 203 g/mol. The van der Waals surface area contributed by atoms with Gasteiger partial charge in [0.25, 0.3) is 0 Å². The molecule has 0 amide bonds. The van der Waals surface area contributed by atoms with Crippen LogP contribution >= 0.6 is 11.3 Å². The van der Waals surface area contributed by atoms with E-state index in [1.165, 1.54) is 0 Å². The van der Waals surface area contributed by atoms with E-state index in [4.69, 9.17) is 0 Å². The van der Waals surface area contributed by atoms with Crippen LogP contribution in [-0.2, 0) is 11.0 Å². The van der Waals surface area contributed by atoms with E-state index in [0.717, 1.165) is 4.90 Å². The van der Waals surface area contributed by atoms with Gasteiger partial charge in [0.05, 0.1) is 4.90 Å². The molecule has 0 saturated carbocycles. The summed E-state index contributed by atoms with van der Waals surface area (Å²) in [6.07, 6.45) is 0. The fraction of sp³-hybridized carbons (Fsp3) is 0.500. The molecule has 68 valence electrons. The van der Waals surface area contributed by atoms with Crippen LogP contribution in [0.3, 0.4) is 0 Å². The molecule has 0 radical (unpaired) electrons. The Morgan fingerprint density at radius 2 is 2.17 bits per heavy atom. The van der Waals surface area contributed by atoms with Crippen molar-refractivity contribution in [2.45, 2.75) is 31.2 Å². The first kappa shape index (κ1) is 9.89. The summed E-state index contributed by atoms with van der Waals surface area (Å²) in [5.41, 5.74) is -0.104. The van der Waals surface area contributed by atoms with E-state index in [1.807, 2.05) is 37.6 Å². The Morgan fingerprint density at radius 3 is 2.58 bits per heavy atom. The zero-order chi connectivity index (χ0) is 9.19. The van der Waals surface area contributed by atoms with E-state index < -0.39 is 11.0 Å². The average molecular weight is 203 g/mol. The van der Waals surface area contributed by atoms with Gasteiger partial charge in [0.15, 0.2) is 0 Å². The smallest absolute Gasteiger partial charge is 0.126 e. The molecule has 1 heterocycles. The quantitative estimate of drug-likeness (QED) is 0.784. The minimum absolute atomic E-state index is 0.104. The molecule has 0 aromatic carbocycles. The highest BCUT2D eigenvalue weighted by Gasteiger charge is 2.14. The van der Waals surface area contributed by atoms with E-state index in [-0.39, 0.29) is 5.54 Å². The maximum Gasteiger partial charge on any atom is 0.126 e. The first-order valence-electron chi connectivity index (χ1n) is 3.71. The lowest BCUT2D eigenvalue weighted by molar-refractivity contribution is 0.520. The molecule has 0 aliphatic carbocycles. The summed E-state index contributed by atoms with van der Waals surface area (Å²) in [7, 11) is -1.06. The van der Waals surface area contributed by atoms with Gasteiger partial charge in [0, 0.05) is 10.9 Å². The van der Waals surface area contributed by atoms with Crippen LogP contribution in [0.15, 0.2) is 21.7 Å². The fourth-order valence-corrected chi connectivity index (χ4v) is 2.68. The van der Waals surface area contributed by atoms with Gasteiger partial charge in [0.2, 0.25) is 0 Å². The van der Waals surface area contributed by atoms with E-state index in [1.54, 1.807) is 11.3 Å². The molecule has 0 saturated heterocycles. The molecule has 0 unspecified atom stereocenters. The first-order valence-corrected chi connectivity index (χ1v) is 5.80. The summed E-state index contributed by atoms with van der Waals surface area (Å²) >= 11 is 1.56. The fourth-order valence-electron chi connectivity index (χ4n) is 0.694. The third kappa shape index (κ3) is 3.05. The molecular formula is C8H13NOS2. The van der Waals surface area contributed by atoms with E-state index >= 15 is 0 Å². The molecule has 0 aliphatic rings. The molecule has 1 atom stereocenters. The summed E-state index contributed by atoms with van der Waals surface area (Å²) in [5, 5.41) is 3.83. The van der Waals surface area contributed by atoms with Gasteiger partial charge in [-0.3, -0.25) is 0 Å². The van der Waals surface area contributed by atoms with Gasteiger partial charge in [-0.15, -0.1) is 0 Å². The summed E-state index contributed by atoms with van der Waals surface area (Å²) in [6.45, 7) is 5.99. The number of thiophene rings is 1. The standard InChI is InChI=1S/C8H13NOS2/c1-8(2,3)9-12(10)7-4-5-11-6-7/h4-6,9H,1-3H3/t12-/m1/s1. The number of hydrogen-bond acceptors (Lipinski definition) is 2. The predicted molar refractivity (Wildman–Crippen MR) is 53.6 cm³/mol. The normalized spacial score (nSPS) is 14.6. The number of rotatable bonds is 2. The number of nitrogens with one attached hydrogen (secondary N) is 1. The van der Waals surface area contributed by atoms with Crippen LogP contribution in [0.5, 0.6) is 0 Å². The highest BCUT2D eigenvalue weighted by atomic mass is 32.2. The summed E-state index contributed by atoms with van der Waals surface area (Å²) in [6, 6.07) is 1.87. The summed E-state index contributed by atoms with van der Waals surface area (Å²) in [4.78, 5) is 0.856. The van der Waals surface area contributed by atoms with Gasteiger partial charge in [-0.2, -0.15) is 11.3 Å². The summed E-state index contributed by atoms with van der Waals surface area (Å²) < 4.78 is 14.5. The minimum Gasteiger partial charge on any atom is -0.237 e. The highest BCUT2D eigenvalue weighted by molar-refractivity contribution is 7.83. The molecule has 1 aromatic heterocycles. The van der Waals surface area contributed by atoms with Crippen LogP contribution in [0.25, 0.3) is 0 Å². The zero-order valence-electron chi connectivity index (χ0n) is 7.46.